The molecule has 2 amide bonds. The summed E-state index contributed by atoms with van der Waals surface area (Å²) in [5.74, 6) is 0. The zero-order valence-electron chi connectivity index (χ0n) is 12.4. The number of rotatable bonds is 2. The van der Waals surface area contributed by atoms with Crippen molar-refractivity contribution < 1.29 is 18.0 Å². The SMILES string of the molecule is O=C(NC1CC1)N1CCN(c2ccc(Cl)cc2C(F)(F)F)CC1. The largest absolute Gasteiger partial charge is 0.418 e. The van der Waals surface area contributed by atoms with Crippen molar-refractivity contribution in [3.05, 3.63) is 28.8 Å². The van der Waals surface area contributed by atoms with Crippen molar-refractivity contribution in [1.29, 1.82) is 0 Å². The van der Waals surface area contributed by atoms with Crippen LogP contribution in [-0.4, -0.2) is 43.2 Å². The van der Waals surface area contributed by atoms with E-state index in [1.165, 1.54) is 12.1 Å². The predicted molar refractivity (Wildman–Crippen MR) is 81.8 cm³/mol. The topological polar surface area (TPSA) is 35.6 Å². The van der Waals surface area contributed by atoms with Crippen LogP contribution in [0.5, 0.6) is 0 Å². The number of carbonyl (C=O) groups excluding carboxylic acids is 1. The van der Waals surface area contributed by atoms with Gasteiger partial charge in [0.2, 0.25) is 0 Å². The first-order valence-electron chi connectivity index (χ1n) is 7.52. The van der Waals surface area contributed by atoms with Crippen molar-refractivity contribution in [1.82, 2.24) is 10.2 Å². The molecule has 3 rings (SSSR count). The minimum Gasteiger partial charge on any atom is -0.367 e. The maximum atomic E-state index is 13.2. The number of alkyl halides is 3. The number of hydrogen-bond acceptors (Lipinski definition) is 2. The Morgan fingerprint density at radius 3 is 2.39 bits per heavy atom. The lowest BCUT2D eigenvalue weighted by Crippen LogP contribution is -2.52. The Morgan fingerprint density at radius 1 is 1.17 bits per heavy atom. The molecule has 2 aliphatic rings. The van der Waals surface area contributed by atoms with Gasteiger partial charge in [-0.3, -0.25) is 0 Å². The minimum atomic E-state index is -4.46. The van der Waals surface area contributed by atoms with Gasteiger partial charge in [0, 0.05) is 42.9 Å². The Bertz CT molecular complexity index is 596. The number of nitrogens with zero attached hydrogens (tertiary/aromatic N) is 2. The molecule has 8 heteroatoms. The Kier molecular flexibility index (Phi) is 4.31. The number of halogens is 4. The Morgan fingerprint density at radius 2 is 1.83 bits per heavy atom. The average molecular weight is 348 g/mol. The molecule has 1 N–H and O–H groups in total. The van der Waals surface area contributed by atoms with Gasteiger partial charge in [0.25, 0.3) is 0 Å². The van der Waals surface area contributed by atoms with Gasteiger partial charge in [-0.05, 0) is 31.0 Å². The van der Waals surface area contributed by atoms with Gasteiger partial charge in [0.1, 0.15) is 0 Å². The van der Waals surface area contributed by atoms with Gasteiger partial charge in [-0.1, -0.05) is 11.6 Å². The molecule has 1 saturated heterocycles. The summed E-state index contributed by atoms with van der Waals surface area (Å²) in [4.78, 5) is 15.3. The third kappa shape index (κ3) is 3.83. The third-order valence-electron chi connectivity index (χ3n) is 4.08. The Hall–Kier alpha value is -1.63. The molecule has 0 atom stereocenters. The summed E-state index contributed by atoms with van der Waals surface area (Å²) in [5.41, 5.74) is -0.620. The number of anilines is 1. The number of hydrogen-bond donors (Lipinski definition) is 1. The van der Waals surface area contributed by atoms with Crippen LogP contribution in [0.2, 0.25) is 5.02 Å². The molecule has 0 radical (unpaired) electrons. The van der Waals surface area contributed by atoms with E-state index >= 15 is 0 Å². The fourth-order valence-electron chi connectivity index (χ4n) is 2.66. The van der Waals surface area contributed by atoms with Crippen molar-refractivity contribution in [2.24, 2.45) is 0 Å². The van der Waals surface area contributed by atoms with Crippen LogP contribution >= 0.6 is 11.6 Å². The number of piperazine rings is 1. The molecule has 126 valence electrons. The highest BCUT2D eigenvalue weighted by molar-refractivity contribution is 6.30. The molecular weight excluding hydrogens is 331 g/mol. The van der Waals surface area contributed by atoms with Crippen LogP contribution in [0.4, 0.5) is 23.7 Å². The first kappa shape index (κ1) is 16.2. The molecule has 23 heavy (non-hydrogen) atoms. The molecule has 1 aromatic carbocycles. The average Bonchev–Trinajstić information content (AvgIpc) is 3.30. The lowest BCUT2D eigenvalue weighted by molar-refractivity contribution is -0.137. The van der Waals surface area contributed by atoms with Gasteiger partial charge in [-0.25, -0.2) is 4.79 Å². The van der Waals surface area contributed by atoms with Crippen LogP contribution in [0.3, 0.4) is 0 Å². The van der Waals surface area contributed by atoms with Gasteiger partial charge in [-0.2, -0.15) is 13.2 Å². The predicted octanol–water partition coefficient (Wildman–Crippen LogP) is 3.35. The monoisotopic (exact) mass is 347 g/mol. The van der Waals surface area contributed by atoms with Crippen LogP contribution in [0.25, 0.3) is 0 Å². The zero-order chi connectivity index (χ0) is 16.6. The van der Waals surface area contributed by atoms with E-state index in [1.807, 2.05) is 0 Å². The van der Waals surface area contributed by atoms with Crippen molar-refractivity contribution in [2.45, 2.75) is 25.1 Å². The normalized spacial score (nSPS) is 19.0. The van der Waals surface area contributed by atoms with Crippen molar-refractivity contribution in [2.75, 3.05) is 31.1 Å². The van der Waals surface area contributed by atoms with E-state index in [2.05, 4.69) is 5.32 Å². The first-order valence-corrected chi connectivity index (χ1v) is 7.89. The number of carbonyl (C=O) groups is 1. The van der Waals surface area contributed by atoms with Gasteiger partial charge in [0.05, 0.1) is 5.56 Å². The van der Waals surface area contributed by atoms with Crippen LogP contribution < -0.4 is 10.2 Å². The molecule has 1 aliphatic heterocycles. The van der Waals surface area contributed by atoms with E-state index < -0.39 is 11.7 Å². The lowest BCUT2D eigenvalue weighted by atomic mass is 10.1. The van der Waals surface area contributed by atoms with Gasteiger partial charge in [-0.15, -0.1) is 0 Å². The highest BCUT2D eigenvalue weighted by Gasteiger charge is 2.36. The molecule has 0 spiro atoms. The quantitative estimate of drug-likeness (QED) is 0.890. The Labute approximate surface area is 137 Å². The summed E-state index contributed by atoms with van der Waals surface area (Å²) in [6, 6.07) is 3.94. The van der Waals surface area contributed by atoms with Crippen LogP contribution in [0.15, 0.2) is 18.2 Å². The van der Waals surface area contributed by atoms with E-state index in [0.717, 1.165) is 18.9 Å². The number of amides is 2. The molecule has 1 aliphatic carbocycles. The molecule has 0 aromatic heterocycles. The van der Waals surface area contributed by atoms with E-state index in [4.69, 9.17) is 11.6 Å². The standard InChI is InChI=1S/C15H17ClF3N3O/c16-10-1-4-13(12(9-10)15(17,18)19)21-5-7-22(8-6-21)14(23)20-11-2-3-11/h1,4,9,11H,2-3,5-8H2,(H,20,23). The summed E-state index contributed by atoms with van der Waals surface area (Å²) >= 11 is 5.70. The van der Waals surface area contributed by atoms with Crippen molar-refractivity contribution in [3.8, 4) is 0 Å². The minimum absolute atomic E-state index is 0.0588. The smallest absolute Gasteiger partial charge is 0.367 e. The summed E-state index contributed by atoms with van der Waals surface area (Å²) < 4.78 is 39.5. The molecule has 0 unspecified atom stereocenters. The highest BCUT2D eigenvalue weighted by Crippen LogP contribution is 2.38. The number of nitrogens with one attached hydrogen (secondary N) is 1. The zero-order valence-corrected chi connectivity index (χ0v) is 13.1. The second kappa shape index (κ2) is 6.11. The molecule has 1 heterocycles. The maximum Gasteiger partial charge on any atom is 0.418 e. The second-order valence-electron chi connectivity index (χ2n) is 5.86. The van der Waals surface area contributed by atoms with Crippen LogP contribution in [0.1, 0.15) is 18.4 Å². The van der Waals surface area contributed by atoms with E-state index in [1.54, 1.807) is 9.80 Å². The van der Waals surface area contributed by atoms with Gasteiger partial charge >= 0.3 is 12.2 Å². The summed E-state index contributed by atoms with van der Waals surface area (Å²) in [6.07, 6.45) is -2.45. The molecule has 1 saturated carbocycles. The van der Waals surface area contributed by atoms with Gasteiger partial charge in [0.15, 0.2) is 0 Å². The number of benzene rings is 1. The lowest BCUT2D eigenvalue weighted by Gasteiger charge is -2.37. The van der Waals surface area contributed by atoms with Crippen LogP contribution in [0, 0.1) is 0 Å². The molecule has 4 nitrogen and oxygen atoms in total. The molecule has 0 bridgehead atoms. The molecule has 1 aromatic rings. The first-order chi connectivity index (χ1) is 10.8. The summed E-state index contributed by atoms with van der Waals surface area (Å²) in [7, 11) is 0. The van der Waals surface area contributed by atoms with E-state index in [-0.39, 0.29) is 22.8 Å². The summed E-state index contributed by atoms with van der Waals surface area (Å²) in [5, 5.41) is 2.95. The second-order valence-corrected chi connectivity index (χ2v) is 6.29. The molecule has 2 fully saturated rings. The Balaban J connectivity index is 1.68. The fraction of sp³-hybridized carbons (Fsp3) is 0.533. The fourth-order valence-corrected chi connectivity index (χ4v) is 2.83. The van der Waals surface area contributed by atoms with E-state index in [9.17, 15) is 18.0 Å². The number of urea groups is 1. The van der Waals surface area contributed by atoms with Crippen molar-refractivity contribution in [3.63, 3.8) is 0 Å². The maximum absolute atomic E-state index is 13.2. The van der Waals surface area contributed by atoms with Gasteiger partial charge < -0.3 is 15.1 Å². The van der Waals surface area contributed by atoms with Crippen LogP contribution in [-0.2, 0) is 6.18 Å². The highest BCUT2D eigenvalue weighted by atomic mass is 35.5. The third-order valence-corrected chi connectivity index (χ3v) is 4.31. The summed E-state index contributed by atoms with van der Waals surface area (Å²) in [6.45, 7) is 1.53. The molecular formula is C15H17ClF3N3O. The van der Waals surface area contributed by atoms with E-state index in [0.29, 0.717) is 26.2 Å². The van der Waals surface area contributed by atoms with Crippen molar-refractivity contribution >= 4 is 23.3 Å².